The first kappa shape index (κ1) is 34.9. The molecule has 2 heterocycles. The highest BCUT2D eigenvalue weighted by Crippen LogP contribution is 2.42. The Morgan fingerprint density at radius 1 is 1.00 bits per heavy atom. The third-order valence-corrected chi connectivity index (χ3v) is 8.69. The summed E-state index contributed by atoms with van der Waals surface area (Å²) >= 11 is 0. The second-order valence-corrected chi connectivity index (χ2v) is 13.5. The summed E-state index contributed by atoms with van der Waals surface area (Å²) in [4.78, 5) is 43.6. The molecule has 0 spiro atoms. The lowest BCUT2D eigenvalue weighted by Crippen LogP contribution is -2.52. The van der Waals surface area contributed by atoms with Crippen molar-refractivity contribution in [2.45, 2.75) is 51.2 Å². The quantitative estimate of drug-likeness (QED) is 0.127. The van der Waals surface area contributed by atoms with Gasteiger partial charge in [-0.1, -0.05) is 24.3 Å². The summed E-state index contributed by atoms with van der Waals surface area (Å²) in [5.41, 5.74) is 11.1. The summed E-state index contributed by atoms with van der Waals surface area (Å²) in [6.45, 7) is 6.90. The maximum Gasteiger partial charge on any atom is 0.408 e. The molecule has 2 aromatic carbocycles. The standard InChI is InChI=1S/C38H46N8O3/c1-37(2,3)49-36(48)43-38(19-9-20-38)29-13-15-30(16-14-29)46(6)35-33(41-25-28-11-8-21-40-34(28)39)18-17-32(42-35)27-10-7-12-31(24-27)45(5)23-22-44(4)26-47/h7-8,10-18,21,24-26H,9,19-20,22-23H2,1-6H3,(H2,39,40)(H,43,48). The Kier molecular flexibility index (Phi) is 10.5. The van der Waals surface area contributed by atoms with Crippen molar-refractivity contribution in [2.24, 2.45) is 4.99 Å². The molecular weight excluding hydrogens is 616 g/mol. The Morgan fingerprint density at radius 3 is 2.41 bits per heavy atom. The number of nitrogens with zero attached hydrogens (tertiary/aromatic N) is 6. The van der Waals surface area contributed by atoms with Gasteiger partial charge in [-0.25, -0.2) is 14.8 Å². The van der Waals surface area contributed by atoms with E-state index < -0.39 is 17.2 Å². The summed E-state index contributed by atoms with van der Waals surface area (Å²) in [6, 6.07) is 24.0. The number of alkyl carbamates (subject to hydrolysis) is 1. The lowest BCUT2D eigenvalue weighted by atomic mass is 9.72. The van der Waals surface area contributed by atoms with E-state index in [2.05, 4.69) is 33.4 Å². The van der Waals surface area contributed by atoms with E-state index >= 15 is 0 Å². The highest BCUT2D eigenvalue weighted by atomic mass is 16.6. The molecule has 256 valence electrons. The Balaban J connectivity index is 1.46. The summed E-state index contributed by atoms with van der Waals surface area (Å²) in [6.07, 6.45) is 6.51. The third kappa shape index (κ3) is 8.53. The van der Waals surface area contributed by atoms with E-state index in [1.165, 1.54) is 0 Å². The maximum absolute atomic E-state index is 12.7. The molecule has 4 aromatic rings. The Morgan fingerprint density at radius 2 is 1.76 bits per heavy atom. The van der Waals surface area contributed by atoms with Gasteiger partial charge in [-0.3, -0.25) is 9.79 Å². The molecule has 11 heteroatoms. The molecule has 3 N–H and O–H groups in total. The number of nitrogen functional groups attached to an aromatic ring is 1. The first-order valence-corrected chi connectivity index (χ1v) is 16.5. The van der Waals surface area contributed by atoms with Crippen LogP contribution in [0.25, 0.3) is 11.3 Å². The minimum atomic E-state index is -0.572. The van der Waals surface area contributed by atoms with Crippen LogP contribution in [-0.4, -0.2) is 73.4 Å². The number of hydrogen-bond acceptors (Lipinski definition) is 9. The second kappa shape index (κ2) is 14.8. The van der Waals surface area contributed by atoms with Gasteiger partial charge in [-0.15, -0.1) is 0 Å². The van der Waals surface area contributed by atoms with Gasteiger partial charge in [0.1, 0.15) is 17.1 Å². The molecule has 2 amide bonds. The SMILES string of the molecule is CN(C=O)CCN(C)c1cccc(-c2ccc(N=Cc3cccnc3N)c(N(C)c3ccc(C4(NC(=O)OC(C)(C)C)CCC4)cc3)n2)c1. The molecule has 0 aliphatic heterocycles. The van der Waals surface area contributed by atoms with Crippen LogP contribution in [0.4, 0.5) is 33.5 Å². The van der Waals surface area contributed by atoms with Crippen molar-refractivity contribution in [2.75, 3.05) is 49.8 Å². The van der Waals surface area contributed by atoms with Gasteiger partial charge in [0.25, 0.3) is 0 Å². The van der Waals surface area contributed by atoms with E-state index in [0.29, 0.717) is 36.0 Å². The van der Waals surface area contributed by atoms with Crippen molar-refractivity contribution < 1.29 is 14.3 Å². The number of benzene rings is 2. The zero-order valence-corrected chi connectivity index (χ0v) is 29.2. The molecule has 1 saturated carbocycles. The molecule has 0 unspecified atom stereocenters. The molecule has 11 nitrogen and oxygen atoms in total. The van der Waals surface area contributed by atoms with Gasteiger partial charge in [0.2, 0.25) is 6.41 Å². The molecule has 2 aromatic heterocycles. The molecule has 1 fully saturated rings. The monoisotopic (exact) mass is 662 g/mol. The molecule has 1 aliphatic rings. The number of aromatic nitrogens is 2. The fourth-order valence-corrected chi connectivity index (χ4v) is 5.66. The molecule has 0 radical (unpaired) electrons. The minimum absolute atomic E-state index is 0.395. The van der Waals surface area contributed by atoms with Crippen LogP contribution in [0.15, 0.2) is 84.0 Å². The van der Waals surface area contributed by atoms with Crippen molar-refractivity contribution >= 4 is 47.4 Å². The van der Waals surface area contributed by atoms with Gasteiger partial charge in [-0.05, 0) is 94.1 Å². The lowest BCUT2D eigenvalue weighted by molar-refractivity contribution is -0.116. The molecular formula is C38H46N8O3. The molecule has 49 heavy (non-hydrogen) atoms. The molecule has 1 aliphatic carbocycles. The topological polar surface area (TPSA) is 129 Å². The number of likely N-dealkylation sites (N-methyl/N-ethyl adjacent to an activating group) is 2. The smallest absolute Gasteiger partial charge is 0.408 e. The van der Waals surface area contributed by atoms with Crippen molar-refractivity contribution in [3.8, 4) is 11.3 Å². The number of pyridine rings is 2. The van der Waals surface area contributed by atoms with Gasteiger partial charge >= 0.3 is 6.09 Å². The number of ether oxygens (including phenoxy) is 1. The van der Waals surface area contributed by atoms with Gasteiger partial charge < -0.3 is 30.5 Å². The van der Waals surface area contributed by atoms with Crippen molar-refractivity contribution in [3.05, 3.63) is 90.1 Å². The zero-order chi connectivity index (χ0) is 35.2. The summed E-state index contributed by atoms with van der Waals surface area (Å²) in [7, 11) is 5.74. The van der Waals surface area contributed by atoms with Crippen LogP contribution in [0.5, 0.6) is 0 Å². The first-order valence-electron chi connectivity index (χ1n) is 16.5. The van der Waals surface area contributed by atoms with Crippen LogP contribution in [0, 0.1) is 0 Å². The van der Waals surface area contributed by atoms with E-state index in [9.17, 15) is 9.59 Å². The average Bonchev–Trinajstić information content (AvgIpc) is 3.07. The summed E-state index contributed by atoms with van der Waals surface area (Å²) in [5, 5.41) is 3.14. The van der Waals surface area contributed by atoms with E-state index in [4.69, 9.17) is 20.4 Å². The number of anilines is 4. The summed E-state index contributed by atoms with van der Waals surface area (Å²) in [5.74, 6) is 1.05. The molecule has 0 bridgehead atoms. The minimum Gasteiger partial charge on any atom is -0.444 e. The highest BCUT2D eigenvalue weighted by molar-refractivity contribution is 5.89. The number of rotatable bonds is 12. The fourth-order valence-electron chi connectivity index (χ4n) is 5.66. The van der Waals surface area contributed by atoms with Crippen LogP contribution in [-0.2, 0) is 15.1 Å². The Bertz CT molecular complexity index is 1800. The van der Waals surface area contributed by atoms with E-state index in [0.717, 1.165) is 53.9 Å². The van der Waals surface area contributed by atoms with Gasteiger partial charge in [0.15, 0.2) is 5.82 Å². The molecule has 0 atom stereocenters. The number of carbonyl (C=O) groups is 2. The van der Waals surface area contributed by atoms with Crippen molar-refractivity contribution in [3.63, 3.8) is 0 Å². The lowest BCUT2D eigenvalue weighted by Gasteiger charge is -2.43. The number of nitrogens with two attached hydrogens (primary N) is 1. The number of carbonyl (C=O) groups excluding carboxylic acids is 2. The highest BCUT2D eigenvalue weighted by Gasteiger charge is 2.41. The number of aliphatic imine (C=N–C) groups is 1. The predicted octanol–water partition coefficient (Wildman–Crippen LogP) is 6.67. The number of amides is 2. The van der Waals surface area contributed by atoms with Gasteiger partial charge in [-0.2, -0.15) is 0 Å². The van der Waals surface area contributed by atoms with Crippen LogP contribution in [0.1, 0.15) is 51.2 Å². The van der Waals surface area contributed by atoms with Gasteiger partial charge in [0.05, 0.1) is 11.2 Å². The molecule has 5 rings (SSSR count). The number of hydrogen-bond donors (Lipinski definition) is 2. The molecule has 0 saturated heterocycles. The second-order valence-electron chi connectivity index (χ2n) is 13.5. The third-order valence-electron chi connectivity index (χ3n) is 8.69. The Labute approximate surface area is 288 Å². The van der Waals surface area contributed by atoms with Crippen LogP contribution in [0.3, 0.4) is 0 Å². The van der Waals surface area contributed by atoms with Crippen LogP contribution in [0.2, 0.25) is 0 Å². The van der Waals surface area contributed by atoms with Crippen molar-refractivity contribution in [1.29, 1.82) is 0 Å². The average molecular weight is 663 g/mol. The zero-order valence-electron chi connectivity index (χ0n) is 29.2. The van der Waals surface area contributed by atoms with E-state index in [1.54, 1.807) is 24.4 Å². The first-order chi connectivity index (χ1) is 23.4. The Hall–Kier alpha value is -5.45. The number of nitrogens with one attached hydrogen (secondary N) is 1. The van der Waals surface area contributed by atoms with Gasteiger partial charge in [0, 0.05) is 69.1 Å². The predicted molar refractivity (Wildman–Crippen MR) is 197 cm³/mol. The normalized spacial score (nSPS) is 13.8. The maximum atomic E-state index is 12.7. The van der Waals surface area contributed by atoms with E-state index in [1.807, 2.05) is 94.4 Å². The van der Waals surface area contributed by atoms with Crippen molar-refractivity contribution in [1.82, 2.24) is 20.2 Å². The van der Waals surface area contributed by atoms with Crippen LogP contribution >= 0.6 is 0 Å². The summed E-state index contributed by atoms with van der Waals surface area (Å²) < 4.78 is 5.57. The van der Waals surface area contributed by atoms with Crippen LogP contribution < -0.4 is 20.9 Å². The largest absolute Gasteiger partial charge is 0.444 e. The van der Waals surface area contributed by atoms with E-state index in [-0.39, 0.29) is 0 Å². The fraction of sp³-hybridized carbons (Fsp3) is 0.342.